The van der Waals surface area contributed by atoms with Gasteiger partial charge >= 0.3 is 5.97 Å². The maximum atomic E-state index is 12.4. The van der Waals surface area contributed by atoms with E-state index in [1.165, 1.54) is 13.3 Å². The van der Waals surface area contributed by atoms with Gasteiger partial charge in [-0.3, -0.25) is 4.98 Å². The number of aromatic nitrogens is 2. The minimum Gasteiger partial charge on any atom is -0.481 e. The van der Waals surface area contributed by atoms with Crippen LogP contribution in [-0.4, -0.2) is 29.7 Å². The van der Waals surface area contributed by atoms with Gasteiger partial charge in [-0.15, -0.1) is 0 Å². The van der Waals surface area contributed by atoms with Gasteiger partial charge in [0.1, 0.15) is 5.52 Å². The fraction of sp³-hybridized carbons (Fsp3) is 0.167. The Bertz CT molecular complexity index is 912. The highest BCUT2D eigenvalue weighted by atomic mass is 35.5. The van der Waals surface area contributed by atoms with Crippen LogP contribution in [0.2, 0.25) is 5.02 Å². The van der Waals surface area contributed by atoms with E-state index in [4.69, 9.17) is 21.1 Å². The number of ether oxygens (including phenoxy) is 2. The molecule has 0 N–H and O–H groups in total. The largest absolute Gasteiger partial charge is 0.481 e. The summed E-state index contributed by atoms with van der Waals surface area (Å²) >= 11 is 6.35. The standard InChI is InChI=1S/C18H15ClN2O3/c1-3-24-18(22)12-10-20-14-8-9-15(23-2)21-17(14)16(12)11-6-4-5-7-13(11)19/h4-10H,3H2,1-2H3. The van der Waals surface area contributed by atoms with E-state index >= 15 is 0 Å². The Kier molecular flexibility index (Phi) is 4.62. The molecule has 0 aliphatic carbocycles. The molecule has 0 atom stereocenters. The van der Waals surface area contributed by atoms with Crippen molar-refractivity contribution in [1.82, 2.24) is 9.97 Å². The van der Waals surface area contributed by atoms with Gasteiger partial charge in [0.15, 0.2) is 0 Å². The van der Waals surface area contributed by atoms with E-state index < -0.39 is 5.97 Å². The zero-order valence-electron chi connectivity index (χ0n) is 13.2. The van der Waals surface area contributed by atoms with Crippen molar-refractivity contribution in [1.29, 1.82) is 0 Å². The van der Waals surface area contributed by atoms with Gasteiger partial charge in [0.25, 0.3) is 0 Å². The highest BCUT2D eigenvalue weighted by Gasteiger charge is 2.21. The molecule has 1 aromatic carbocycles. The van der Waals surface area contributed by atoms with Gasteiger partial charge < -0.3 is 9.47 Å². The molecule has 6 heteroatoms. The number of esters is 1. The van der Waals surface area contributed by atoms with Gasteiger partial charge in [-0.2, -0.15) is 0 Å². The second-order valence-corrected chi connectivity index (χ2v) is 5.38. The number of carbonyl (C=O) groups excluding carboxylic acids is 1. The molecular formula is C18H15ClN2O3. The molecule has 0 bridgehead atoms. The smallest absolute Gasteiger partial charge is 0.340 e. The third kappa shape index (κ3) is 2.90. The Morgan fingerprint density at radius 2 is 2.00 bits per heavy atom. The van der Waals surface area contributed by atoms with Crippen molar-refractivity contribution in [3.05, 3.63) is 53.2 Å². The normalized spacial score (nSPS) is 10.6. The minimum atomic E-state index is -0.466. The molecule has 5 nitrogen and oxygen atoms in total. The van der Waals surface area contributed by atoms with Crippen LogP contribution in [0.25, 0.3) is 22.2 Å². The van der Waals surface area contributed by atoms with Crippen LogP contribution in [0.4, 0.5) is 0 Å². The average Bonchev–Trinajstić information content (AvgIpc) is 2.61. The van der Waals surface area contributed by atoms with Gasteiger partial charge in [-0.25, -0.2) is 9.78 Å². The van der Waals surface area contributed by atoms with Gasteiger partial charge in [0.05, 0.1) is 24.8 Å². The van der Waals surface area contributed by atoms with E-state index in [0.717, 1.165) is 0 Å². The first-order valence-electron chi connectivity index (χ1n) is 7.41. The van der Waals surface area contributed by atoms with Gasteiger partial charge in [-0.1, -0.05) is 29.8 Å². The van der Waals surface area contributed by atoms with Crippen LogP contribution < -0.4 is 4.74 Å². The van der Waals surface area contributed by atoms with Crippen molar-refractivity contribution >= 4 is 28.6 Å². The van der Waals surface area contributed by atoms with Crippen LogP contribution in [0, 0.1) is 0 Å². The highest BCUT2D eigenvalue weighted by molar-refractivity contribution is 6.34. The van der Waals surface area contributed by atoms with Crippen LogP contribution >= 0.6 is 11.6 Å². The quantitative estimate of drug-likeness (QED) is 0.667. The highest BCUT2D eigenvalue weighted by Crippen LogP contribution is 2.35. The molecule has 3 aromatic rings. The summed E-state index contributed by atoms with van der Waals surface area (Å²) in [7, 11) is 1.53. The van der Waals surface area contributed by atoms with Crippen molar-refractivity contribution < 1.29 is 14.3 Å². The van der Waals surface area contributed by atoms with Gasteiger partial charge in [-0.05, 0) is 19.1 Å². The Morgan fingerprint density at radius 3 is 2.71 bits per heavy atom. The number of benzene rings is 1. The number of fused-ring (bicyclic) bond motifs is 1. The molecular weight excluding hydrogens is 328 g/mol. The summed E-state index contributed by atoms with van der Waals surface area (Å²) in [6.07, 6.45) is 1.49. The third-order valence-electron chi connectivity index (χ3n) is 3.53. The first-order chi connectivity index (χ1) is 11.7. The number of halogens is 1. The van der Waals surface area contributed by atoms with E-state index in [1.54, 1.807) is 25.1 Å². The number of hydrogen-bond acceptors (Lipinski definition) is 5. The van der Waals surface area contributed by atoms with Gasteiger partial charge in [0, 0.05) is 28.4 Å². The van der Waals surface area contributed by atoms with Crippen LogP contribution in [0.3, 0.4) is 0 Å². The number of pyridine rings is 2. The van der Waals surface area contributed by atoms with Crippen molar-refractivity contribution in [2.75, 3.05) is 13.7 Å². The molecule has 0 radical (unpaired) electrons. The summed E-state index contributed by atoms with van der Waals surface area (Å²) in [6, 6.07) is 10.8. The number of carbonyl (C=O) groups is 1. The molecule has 2 aromatic heterocycles. The topological polar surface area (TPSA) is 61.3 Å². The molecule has 0 unspecified atom stereocenters. The Morgan fingerprint density at radius 1 is 1.21 bits per heavy atom. The SMILES string of the molecule is CCOC(=O)c1cnc2ccc(OC)nc2c1-c1ccccc1Cl. The van der Waals surface area contributed by atoms with Crippen molar-refractivity contribution in [3.8, 4) is 17.0 Å². The number of rotatable bonds is 4. The maximum absolute atomic E-state index is 12.4. The Hall–Kier alpha value is -2.66. The number of nitrogens with zero attached hydrogens (tertiary/aromatic N) is 2. The lowest BCUT2D eigenvalue weighted by atomic mass is 9.99. The second-order valence-electron chi connectivity index (χ2n) is 4.97. The zero-order valence-corrected chi connectivity index (χ0v) is 14.0. The molecule has 0 spiro atoms. The summed E-state index contributed by atoms with van der Waals surface area (Å²) in [4.78, 5) is 21.2. The molecule has 2 heterocycles. The van der Waals surface area contributed by atoms with E-state index in [-0.39, 0.29) is 6.61 Å². The maximum Gasteiger partial charge on any atom is 0.340 e. The number of methoxy groups -OCH3 is 1. The number of hydrogen-bond donors (Lipinski definition) is 0. The Balaban J connectivity index is 2.37. The molecule has 122 valence electrons. The van der Waals surface area contributed by atoms with Crippen molar-refractivity contribution in [3.63, 3.8) is 0 Å². The van der Waals surface area contributed by atoms with E-state index in [1.807, 2.05) is 18.2 Å². The molecule has 0 fully saturated rings. The molecule has 0 amide bonds. The molecule has 0 aliphatic heterocycles. The average molecular weight is 343 g/mol. The molecule has 0 saturated heterocycles. The zero-order chi connectivity index (χ0) is 17.1. The van der Waals surface area contributed by atoms with E-state index in [0.29, 0.717) is 38.6 Å². The van der Waals surface area contributed by atoms with Crippen molar-refractivity contribution in [2.45, 2.75) is 6.92 Å². The first kappa shape index (κ1) is 16.2. The van der Waals surface area contributed by atoms with E-state index in [9.17, 15) is 4.79 Å². The summed E-state index contributed by atoms with van der Waals surface area (Å²) in [5.74, 6) is -0.0370. The molecule has 3 rings (SSSR count). The first-order valence-corrected chi connectivity index (χ1v) is 7.79. The fourth-order valence-electron chi connectivity index (χ4n) is 2.46. The van der Waals surface area contributed by atoms with Crippen LogP contribution in [0.1, 0.15) is 17.3 Å². The summed E-state index contributed by atoms with van der Waals surface area (Å²) in [5.41, 5.74) is 2.77. The lowest BCUT2D eigenvalue weighted by molar-refractivity contribution is 0.0527. The lowest BCUT2D eigenvalue weighted by Crippen LogP contribution is -2.08. The molecule has 0 saturated carbocycles. The third-order valence-corrected chi connectivity index (χ3v) is 3.86. The lowest BCUT2D eigenvalue weighted by Gasteiger charge is -2.13. The predicted molar refractivity (Wildman–Crippen MR) is 92.5 cm³/mol. The summed E-state index contributed by atoms with van der Waals surface area (Å²) in [5, 5.41) is 0.514. The van der Waals surface area contributed by atoms with Crippen LogP contribution in [0.5, 0.6) is 5.88 Å². The van der Waals surface area contributed by atoms with E-state index in [2.05, 4.69) is 9.97 Å². The summed E-state index contributed by atoms with van der Waals surface area (Å²) in [6.45, 7) is 2.02. The summed E-state index contributed by atoms with van der Waals surface area (Å²) < 4.78 is 10.4. The minimum absolute atomic E-state index is 0.268. The van der Waals surface area contributed by atoms with Crippen LogP contribution in [-0.2, 0) is 4.74 Å². The van der Waals surface area contributed by atoms with Crippen LogP contribution in [0.15, 0.2) is 42.6 Å². The van der Waals surface area contributed by atoms with Gasteiger partial charge in [0.2, 0.25) is 5.88 Å². The molecule has 24 heavy (non-hydrogen) atoms. The second kappa shape index (κ2) is 6.84. The van der Waals surface area contributed by atoms with Crippen molar-refractivity contribution in [2.24, 2.45) is 0 Å². The Labute approximate surface area is 144 Å². The fourth-order valence-corrected chi connectivity index (χ4v) is 2.69. The molecule has 0 aliphatic rings. The monoisotopic (exact) mass is 342 g/mol. The predicted octanol–water partition coefficient (Wildman–Crippen LogP) is 4.14.